The third kappa shape index (κ3) is 2.43. The predicted octanol–water partition coefficient (Wildman–Crippen LogP) is 2.54. The number of rotatable bonds is 3. The number of carbonyl (C=O) groups is 1. The number of benzene rings is 1. The molecule has 1 aromatic carbocycles. The Balaban J connectivity index is 1.58. The van der Waals surface area contributed by atoms with Crippen LogP contribution in [0.1, 0.15) is 25.3 Å². The molecule has 5 heterocycles. The summed E-state index contributed by atoms with van der Waals surface area (Å²) in [4.78, 5) is 29.7. The lowest BCUT2D eigenvalue weighted by Gasteiger charge is -2.32. The summed E-state index contributed by atoms with van der Waals surface area (Å²) in [6, 6.07) is 8.07. The van der Waals surface area contributed by atoms with Gasteiger partial charge in [-0.05, 0) is 44.5 Å². The summed E-state index contributed by atoms with van der Waals surface area (Å²) < 4.78 is 2.03. The van der Waals surface area contributed by atoms with Crippen molar-refractivity contribution in [3.63, 3.8) is 0 Å². The molecule has 31 heavy (non-hydrogen) atoms. The molecule has 3 aromatic heterocycles. The number of aromatic amines is 1. The number of nitrogens with zero attached hydrogens (tertiary/aromatic N) is 6. The Bertz CT molecular complexity index is 1290. The van der Waals surface area contributed by atoms with Crippen LogP contribution < -0.4 is 10.2 Å². The van der Waals surface area contributed by atoms with Gasteiger partial charge in [-0.1, -0.05) is 18.2 Å². The van der Waals surface area contributed by atoms with Gasteiger partial charge in [-0.3, -0.25) is 14.8 Å². The van der Waals surface area contributed by atoms with Gasteiger partial charge >= 0.3 is 0 Å². The molecule has 1 spiro atoms. The second-order valence-electron chi connectivity index (χ2n) is 8.03. The van der Waals surface area contributed by atoms with Crippen molar-refractivity contribution in [2.45, 2.75) is 31.7 Å². The molecule has 156 valence electrons. The van der Waals surface area contributed by atoms with E-state index in [-0.39, 0.29) is 5.91 Å². The molecule has 6 rings (SSSR count). The van der Waals surface area contributed by atoms with Crippen molar-refractivity contribution in [3.05, 3.63) is 48.5 Å². The molecular weight excluding hydrogens is 392 g/mol. The van der Waals surface area contributed by atoms with E-state index in [1.807, 2.05) is 29.7 Å². The van der Waals surface area contributed by atoms with E-state index in [2.05, 4.69) is 31.5 Å². The highest BCUT2D eigenvalue weighted by atomic mass is 16.2. The second kappa shape index (κ2) is 6.71. The molecule has 0 atom stereocenters. The average molecular weight is 414 g/mol. The third-order valence-electron chi connectivity index (χ3n) is 6.53. The van der Waals surface area contributed by atoms with Crippen LogP contribution in [0.15, 0.2) is 43.0 Å². The van der Waals surface area contributed by atoms with Crippen LogP contribution >= 0.6 is 0 Å². The summed E-state index contributed by atoms with van der Waals surface area (Å²) in [6.07, 6.45) is 6.62. The minimum absolute atomic E-state index is 0.0751. The number of amides is 1. The Hall–Kier alpha value is -3.59. The molecule has 4 aromatic rings. The lowest BCUT2D eigenvalue weighted by molar-refractivity contribution is -0.123. The molecule has 0 bridgehead atoms. The Morgan fingerprint density at radius 3 is 2.77 bits per heavy atom. The lowest BCUT2D eigenvalue weighted by Crippen LogP contribution is -2.46. The van der Waals surface area contributed by atoms with Gasteiger partial charge in [-0.2, -0.15) is 5.10 Å². The number of hydrogen-bond acceptors (Lipinski definition) is 6. The minimum Gasteiger partial charge on any atom is -0.317 e. The van der Waals surface area contributed by atoms with Gasteiger partial charge in [-0.25, -0.2) is 15.0 Å². The van der Waals surface area contributed by atoms with Gasteiger partial charge in [0.1, 0.15) is 12.2 Å². The van der Waals surface area contributed by atoms with Gasteiger partial charge in [0, 0.05) is 12.7 Å². The van der Waals surface area contributed by atoms with Crippen LogP contribution in [-0.2, 0) is 16.8 Å². The molecule has 2 aliphatic rings. The summed E-state index contributed by atoms with van der Waals surface area (Å²) >= 11 is 0. The molecule has 2 aliphatic heterocycles. The van der Waals surface area contributed by atoms with Crippen molar-refractivity contribution < 1.29 is 4.79 Å². The summed E-state index contributed by atoms with van der Waals surface area (Å²) in [7, 11) is 0. The number of para-hydroxylation sites is 1. The Morgan fingerprint density at radius 2 is 2.00 bits per heavy atom. The van der Waals surface area contributed by atoms with Gasteiger partial charge in [0.05, 0.1) is 22.9 Å². The molecular formula is C22H22N8O. The predicted molar refractivity (Wildman–Crippen MR) is 116 cm³/mol. The molecule has 1 saturated heterocycles. The highest BCUT2D eigenvalue weighted by Gasteiger charge is 2.52. The number of nitrogens with one attached hydrogen (secondary N) is 2. The number of fused-ring (bicyclic) bond motifs is 3. The maximum absolute atomic E-state index is 14.0. The third-order valence-corrected chi connectivity index (χ3v) is 6.53. The normalized spacial score (nSPS) is 17.6. The van der Waals surface area contributed by atoms with Gasteiger partial charge in [0.15, 0.2) is 17.0 Å². The van der Waals surface area contributed by atoms with Crippen LogP contribution in [0.25, 0.3) is 22.6 Å². The zero-order valence-corrected chi connectivity index (χ0v) is 17.2. The molecule has 0 unspecified atom stereocenters. The smallest absolute Gasteiger partial charge is 0.243 e. The molecule has 9 heteroatoms. The number of H-pyrrole nitrogens is 1. The molecule has 1 amide bonds. The van der Waals surface area contributed by atoms with E-state index in [0.717, 1.165) is 48.6 Å². The minimum atomic E-state index is -0.514. The van der Waals surface area contributed by atoms with E-state index in [9.17, 15) is 4.79 Å². The first-order valence-corrected chi connectivity index (χ1v) is 10.6. The van der Waals surface area contributed by atoms with E-state index in [1.54, 1.807) is 17.3 Å². The van der Waals surface area contributed by atoms with Crippen LogP contribution in [0, 0.1) is 0 Å². The topological polar surface area (TPSA) is 105 Å². The number of hydrogen-bond donors (Lipinski definition) is 2. The van der Waals surface area contributed by atoms with Crippen molar-refractivity contribution in [3.8, 4) is 11.4 Å². The fourth-order valence-electron chi connectivity index (χ4n) is 5.04. The lowest BCUT2D eigenvalue weighted by atomic mass is 9.74. The zero-order valence-electron chi connectivity index (χ0n) is 17.2. The number of anilines is 2. The number of piperidine rings is 1. The van der Waals surface area contributed by atoms with Gasteiger partial charge in [0.2, 0.25) is 5.91 Å². The van der Waals surface area contributed by atoms with Crippen molar-refractivity contribution in [1.29, 1.82) is 0 Å². The second-order valence-corrected chi connectivity index (χ2v) is 8.03. The Labute approximate surface area is 178 Å². The van der Waals surface area contributed by atoms with Crippen molar-refractivity contribution in [2.75, 3.05) is 18.0 Å². The number of aromatic nitrogens is 6. The highest BCUT2D eigenvalue weighted by molar-refractivity contribution is 6.15. The summed E-state index contributed by atoms with van der Waals surface area (Å²) in [5.74, 6) is 1.37. The number of carbonyl (C=O) groups excluding carboxylic acids is 1. The maximum atomic E-state index is 14.0. The van der Waals surface area contributed by atoms with Crippen molar-refractivity contribution in [1.82, 2.24) is 35.0 Å². The number of aryl methyl sites for hydroxylation is 1. The first-order valence-electron chi connectivity index (χ1n) is 10.6. The first-order chi connectivity index (χ1) is 15.2. The number of imidazole rings is 1. The molecule has 0 aliphatic carbocycles. The van der Waals surface area contributed by atoms with Gasteiger partial charge < -0.3 is 9.88 Å². The largest absolute Gasteiger partial charge is 0.317 e. The van der Waals surface area contributed by atoms with Crippen LogP contribution in [0.3, 0.4) is 0 Å². The molecule has 2 N–H and O–H groups in total. The SMILES string of the molecule is CCn1c(-c2cn[nH]c2)nc2c(N3C(=O)C4(CCNCC4)c4ccccc43)ncnc21. The quantitative estimate of drug-likeness (QED) is 0.534. The van der Waals surface area contributed by atoms with Gasteiger partial charge in [0.25, 0.3) is 0 Å². The van der Waals surface area contributed by atoms with E-state index in [0.29, 0.717) is 23.5 Å². The first kappa shape index (κ1) is 18.2. The van der Waals surface area contributed by atoms with E-state index in [1.165, 1.54) is 6.33 Å². The maximum Gasteiger partial charge on any atom is 0.243 e. The average Bonchev–Trinajstić information content (AvgIpc) is 3.52. The molecule has 0 saturated carbocycles. The van der Waals surface area contributed by atoms with Crippen LogP contribution in [-0.4, -0.2) is 48.7 Å². The van der Waals surface area contributed by atoms with Crippen LogP contribution in [0.5, 0.6) is 0 Å². The summed E-state index contributed by atoms with van der Waals surface area (Å²) in [5.41, 5.74) is 3.66. The Kier molecular flexibility index (Phi) is 3.94. The van der Waals surface area contributed by atoms with Crippen LogP contribution in [0.2, 0.25) is 0 Å². The van der Waals surface area contributed by atoms with Crippen molar-refractivity contribution in [2.24, 2.45) is 0 Å². The van der Waals surface area contributed by atoms with E-state index >= 15 is 0 Å². The standard InChI is InChI=1S/C22H22N8O/c1-2-29-18(14-11-26-27-12-14)28-17-19(29)24-13-25-20(17)30-16-6-4-3-5-15(16)22(21(30)31)7-9-23-10-8-22/h3-6,11-13,23H,2,7-10H2,1H3,(H,26,27). The summed E-state index contributed by atoms with van der Waals surface area (Å²) in [6.45, 7) is 4.38. The van der Waals surface area contributed by atoms with E-state index in [4.69, 9.17) is 4.98 Å². The summed E-state index contributed by atoms with van der Waals surface area (Å²) in [5, 5.41) is 10.3. The van der Waals surface area contributed by atoms with Crippen molar-refractivity contribution >= 4 is 28.6 Å². The van der Waals surface area contributed by atoms with E-state index < -0.39 is 5.41 Å². The molecule has 9 nitrogen and oxygen atoms in total. The molecule has 1 fully saturated rings. The zero-order chi connectivity index (χ0) is 21.0. The molecule has 0 radical (unpaired) electrons. The van der Waals surface area contributed by atoms with Crippen LogP contribution in [0.4, 0.5) is 11.5 Å². The Morgan fingerprint density at radius 1 is 1.16 bits per heavy atom. The van der Waals surface area contributed by atoms with Gasteiger partial charge in [-0.15, -0.1) is 0 Å². The fraction of sp³-hybridized carbons (Fsp3) is 0.318. The monoisotopic (exact) mass is 414 g/mol. The highest BCUT2D eigenvalue weighted by Crippen LogP contribution is 2.50. The fourth-order valence-corrected chi connectivity index (χ4v) is 5.04.